The Morgan fingerprint density at radius 2 is 2.19 bits per heavy atom. The smallest absolute Gasteiger partial charge is 0.257 e. The number of H-pyrrole nitrogens is 1. The molecule has 1 atom stereocenters. The van der Waals surface area contributed by atoms with Crippen LogP contribution in [0.25, 0.3) is 16.4 Å². The molecule has 3 aromatic heterocycles. The number of amides is 1. The lowest BCUT2D eigenvalue weighted by Gasteiger charge is -2.14. The molecule has 0 saturated carbocycles. The van der Waals surface area contributed by atoms with Crippen molar-refractivity contribution in [1.82, 2.24) is 24.9 Å². The van der Waals surface area contributed by atoms with Crippen molar-refractivity contribution in [2.75, 3.05) is 0 Å². The summed E-state index contributed by atoms with van der Waals surface area (Å²) in [5.41, 5.74) is 1.13. The molecule has 3 heterocycles. The van der Waals surface area contributed by atoms with Crippen LogP contribution in [0.4, 0.5) is 0 Å². The summed E-state index contributed by atoms with van der Waals surface area (Å²) in [7, 11) is 0. The summed E-state index contributed by atoms with van der Waals surface area (Å²) >= 11 is 6.10. The molecule has 7 nitrogen and oxygen atoms in total. The SMILES string of the molecule is CC(NC(=O)c1cnn2cccnc12)c1cc2cccc(Cl)c2c(=O)[nH]1. The van der Waals surface area contributed by atoms with E-state index in [1.165, 1.54) is 10.7 Å². The number of hydrogen-bond acceptors (Lipinski definition) is 4. The van der Waals surface area contributed by atoms with Crippen LogP contribution in [0.5, 0.6) is 0 Å². The van der Waals surface area contributed by atoms with E-state index >= 15 is 0 Å². The molecular weight excluding hydrogens is 354 g/mol. The van der Waals surface area contributed by atoms with Gasteiger partial charge in [-0.05, 0) is 30.5 Å². The van der Waals surface area contributed by atoms with E-state index in [-0.39, 0.29) is 11.5 Å². The molecule has 8 heteroatoms. The Kier molecular flexibility index (Phi) is 3.93. The number of rotatable bonds is 3. The van der Waals surface area contributed by atoms with E-state index in [4.69, 9.17) is 11.6 Å². The number of benzene rings is 1. The zero-order chi connectivity index (χ0) is 18.3. The van der Waals surface area contributed by atoms with Crippen molar-refractivity contribution in [1.29, 1.82) is 0 Å². The third-order valence-electron chi connectivity index (χ3n) is 4.18. The van der Waals surface area contributed by atoms with Crippen LogP contribution in [0, 0.1) is 0 Å². The Morgan fingerprint density at radius 3 is 3.04 bits per heavy atom. The first kappa shape index (κ1) is 16.3. The van der Waals surface area contributed by atoms with Crippen LogP contribution in [0.2, 0.25) is 5.02 Å². The highest BCUT2D eigenvalue weighted by molar-refractivity contribution is 6.35. The average molecular weight is 368 g/mol. The van der Waals surface area contributed by atoms with Crippen molar-refractivity contribution >= 4 is 33.9 Å². The molecule has 130 valence electrons. The molecule has 1 aromatic carbocycles. The molecule has 26 heavy (non-hydrogen) atoms. The monoisotopic (exact) mass is 367 g/mol. The van der Waals surface area contributed by atoms with Gasteiger partial charge in [0.05, 0.1) is 22.6 Å². The van der Waals surface area contributed by atoms with Gasteiger partial charge >= 0.3 is 0 Å². The van der Waals surface area contributed by atoms with Gasteiger partial charge in [-0.25, -0.2) is 9.50 Å². The number of carbonyl (C=O) groups is 1. The first-order valence-corrected chi connectivity index (χ1v) is 8.33. The fraction of sp³-hybridized carbons (Fsp3) is 0.111. The Bertz CT molecular complexity index is 1200. The van der Waals surface area contributed by atoms with Crippen LogP contribution in [0.15, 0.2) is 53.7 Å². The minimum absolute atomic E-state index is 0.290. The molecule has 4 aromatic rings. The van der Waals surface area contributed by atoms with Gasteiger partial charge in [0.2, 0.25) is 0 Å². The number of aromatic nitrogens is 4. The van der Waals surface area contributed by atoms with Crippen molar-refractivity contribution in [2.24, 2.45) is 0 Å². The molecule has 0 aliphatic heterocycles. The molecule has 1 unspecified atom stereocenters. The zero-order valence-electron chi connectivity index (χ0n) is 13.7. The highest BCUT2D eigenvalue weighted by atomic mass is 35.5. The fourth-order valence-electron chi connectivity index (χ4n) is 2.87. The molecule has 0 spiro atoms. The third-order valence-corrected chi connectivity index (χ3v) is 4.49. The number of halogens is 1. The lowest BCUT2D eigenvalue weighted by atomic mass is 10.1. The van der Waals surface area contributed by atoms with Gasteiger partial charge in [0.1, 0.15) is 5.56 Å². The van der Waals surface area contributed by atoms with E-state index in [1.807, 2.05) is 12.1 Å². The minimum atomic E-state index is -0.419. The maximum atomic E-state index is 12.6. The summed E-state index contributed by atoms with van der Waals surface area (Å²) < 4.78 is 1.53. The molecule has 0 fully saturated rings. The maximum Gasteiger partial charge on any atom is 0.257 e. The zero-order valence-corrected chi connectivity index (χ0v) is 14.5. The highest BCUT2D eigenvalue weighted by Gasteiger charge is 2.18. The number of fused-ring (bicyclic) bond motifs is 2. The van der Waals surface area contributed by atoms with Gasteiger partial charge in [0.25, 0.3) is 11.5 Å². The van der Waals surface area contributed by atoms with E-state index in [0.29, 0.717) is 27.3 Å². The van der Waals surface area contributed by atoms with Gasteiger partial charge in [-0.1, -0.05) is 23.7 Å². The van der Waals surface area contributed by atoms with Crippen LogP contribution in [0.3, 0.4) is 0 Å². The second-order valence-electron chi connectivity index (χ2n) is 5.90. The average Bonchev–Trinajstić information content (AvgIpc) is 3.05. The van der Waals surface area contributed by atoms with Crippen molar-refractivity contribution in [3.05, 3.63) is 75.6 Å². The summed E-state index contributed by atoms with van der Waals surface area (Å²) in [4.78, 5) is 31.9. The second-order valence-corrected chi connectivity index (χ2v) is 6.31. The first-order valence-electron chi connectivity index (χ1n) is 7.95. The van der Waals surface area contributed by atoms with Crippen LogP contribution < -0.4 is 10.9 Å². The van der Waals surface area contributed by atoms with E-state index in [0.717, 1.165) is 5.39 Å². The Balaban J connectivity index is 1.66. The summed E-state index contributed by atoms with van der Waals surface area (Å²) in [5, 5.41) is 8.51. The van der Waals surface area contributed by atoms with Gasteiger partial charge in [-0.2, -0.15) is 5.10 Å². The van der Waals surface area contributed by atoms with E-state index in [9.17, 15) is 9.59 Å². The predicted molar refractivity (Wildman–Crippen MR) is 98.4 cm³/mol. The van der Waals surface area contributed by atoms with E-state index in [1.54, 1.807) is 37.5 Å². The van der Waals surface area contributed by atoms with Crippen molar-refractivity contribution in [3.8, 4) is 0 Å². The number of aromatic amines is 1. The Labute approximate surface area is 152 Å². The quantitative estimate of drug-likeness (QED) is 0.582. The third kappa shape index (κ3) is 2.72. The van der Waals surface area contributed by atoms with Crippen molar-refractivity contribution < 1.29 is 4.79 Å². The number of nitrogens with zero attached hydrogens (tertiary/aromatic N) is 3. The predicted octanol–water partition coefficient (Wildman–Crippen LogP) is 2.72. The van der Waals surface area contributed by atoms with E-state index < -0.39 is 6.04 Å². The number of pyridine rings is 1. The van der Waals surface area contributed by atoms with Crippen LogP contribution >= 0.6 is 11.6 Å². The largest absolute Gasteiger partial charge is 0.344 e. The molecule has 0 radical (unpaired) electrons. The first-order chi connectivity index (χ1) is 12.5. The van der Waals surface area contributed by atoms with Gasteiger partial charge < -0.3 is 10.3 Å². The molecule has 2 N–H and O–H groups in total. The summed E-state index contributed by atoms with van der Waals surface area (Å²) in [5.74, 6) is -0.321. The normalized spacial score (nSPS) is 12.4. The van der Waals surface area contributed by atoms with Crippen LogP contribution in [-0.4, -0.2) is 25.5 Å². The van der Waals surface area contributed by atoms with Gasteiger partial charge in [-0.15, -0.1) is 0 Å². The van der Waals surface area contributed by atoms with Gasteiger partial charge in [-0.3, -0.25) is 9.59 Å². The summed E-state index contributed by atoms with van der Waals surface area (Å²) in [6.45, 7) is 1.79. The molecule has 1 amide bonds. The van der Waals surface area contributed by atoms with Crippen LogP contribution in [-0.2, 0) is 0 Å². The van der Waals surface area contributed by atoms with Gasteiger partial charge in [0, 0.05) is 18.1 Å². The second kappa shape index (κ2) is 6.27. The molecular formula is C18H14ClN5O2. The Morgan fingerprint density at radius 1 is 1.35 bits per heavy atom. The fourth-order valence-corrected chi connectivity index (χ4v) is 3.14. The standard InChI is InChI=1S/C18H14ClN5O2/c1-10(14-8-11-4-2-5-13(19)15(11)18(26)23-14)22-17(25)12-9-21-24-7-3-6-20-16(12)24/h2-10H,1H3,(H,22,25)(H,23,26). The number of carbonyl (C=O) groups excluding carboxylic acids is 1. The maximum absolute atomic E-state index is 12.6. The molecule has 4 rings (SSSR count). The summed E-state index contributed by atoms with van der Waals surface area (Å²) in [6.07, 6.45) is 4.78. The molecule has 0 aliphatic rings. The van der Waals surface area contributed by atoms with Gasteiger partial charge in [0.15, 0.2) is 5.65 Å². The minimum Gasteiger partial charge on any atom is -0.344 e. The number of nitrogens with one attached hydrogen (secondary N) is 2. The van der Waals surface area contributed by atoms with Crippen molar-refractivity contribution in [2.45, 2.75) is 13.0 Å². The highest BCUT2D eigenvalue weighted by Crippen LogP contribution is 2.22. The molecule has 0 bridgehead atoms. The van der Waals surface area contributed by atoms with E-state index in [2.05, 4.69) is 20.4 Å². The molecule has 0 saturated heterocycles. The van der Waals surface area contributed by atoms with Crippen molar-refractivity contribution in [3.63, 3.8) is 0 Å². The molecule has 0 aliphatic carbocycles. The lowest BCUT2D eigenvalue weighted by molar-refractivity contribution is 0.0940. The Hall–Kier alpha value is -3.19. The lowest BCUT2D eigenvalue weighted by Crippen LogP contribution is -2.28. The van der Waals surface area contributed by atoms with Crippen LogP contribution in [0.1, 0.15) is 29.0 Å². The summed E-state index contributed by atoms with van der Waals surface area (Å²) in [6, 6.07) is 8.38. The number of hydrogen-bond donors (Lipinski definition) is 2. The topological polar surface area (TPSA) is 92.2 Å².